The van der Waals surface area contributed by atoms with Crippen LogP contribution in [-0.2, 0) is 0 Å². The van der Waals surface area contributed by atoms with Gasteiger partial charge < -0.3 is 5.32 Å². The Hall–Kier alpha value is -2.44. The second kappa shape index (κ2) is 6.55. The molecular formula is C15H11ClN4OS. The lowest BCUT2D eigenvalue weighted by Crippen LogP contribution is -2.11. The zero-order chi connectivity index (χ0) is 15.4. The van der Waals surface area contributed by atoms with Crippen molar-refractivity contribution in [2.45, 2.75) is 0 Å². The van der Waals surface area contributed by atoms with Crippen molar-refractivity contribution in [2.75, 3.05) is 5.32 Å². The monoisotopic (exact) mass is 330 g/mol. The summed E-state index contributed by atoms with van der Waals surface area (Å²) in [6.45, 7) is 0. The van der Waals surface area contributed by atoms with E-state index in [0.717, 1.165) is 22.8 Å². The largest absolute Gasteiger partial charge is 0.380 e. The third-order valence-corrected chi connectivity index (χ3v) is 3.78. The highest BCUT2D eigenvalue weighted by Crippen LogP contribution is 2.19. The SMILES string of the molecule is O=c1nc(Nc2ccc(Cl)cc2)sn1/N=C/c1ccccc1. The lowest BCUT2D eigenvalue weighted by molar-refractivity contribution is 0.904. The standard InChI is InChI=1S/C15H11ClN4OS/c16-12-6-8-13(9-7-12)18-14-19-15(21)20(22-14)17-10-11-4-2-1-3-5-11/h1-10H,(H,18,19,21)/b17-10+. The Kier molecular flexibility index (Phi) is 4.32. The number of aromatic nitrogens is 2. The number of rotatable bonds is 4. The van der Waals surface area contributed by atoms with Gasteiger partial charge in [0.1, 0.15) is 0 Å². The average Bonchev–Trinajstić information content (AvgIpc) is 2.88. The minimum Gasteiger partial charge on any atom is -0.330 e. The maximum absolute atomic E-state index is 11.8. The van der Waals surface area contributed by atoms with Crippen molar-refractivity contribution in [1.82, 2.24) is 9.05 Å². The third kappa shape index (κ3) is 3.60. The third-order valence-electron chi connectivity index (χ3n) is 2.74. The predicted molar refractivity (Wildman–Crippen MR) is 90.5 cm³/mol. The molecule has 2 aromatic carbocycles. The Morgan fingerprint density at radius 2 is 1.86 bits per heavy atom. The van der Waals surface area contributed by atoms with Crippen LogP contribution in [0.5, 0.6) is 0 Å². The summed E-state index contributed by atoms with van der Waals surface area (Å²) in [6, 6.07) is 16.7. The molecule has 0 spiro atoms. The molecule has 0 aliphatic carbocycles. The van der Waals surface area contributed by atoms with Crippen molar-refractivity contribution in [3.8, 4) is 0 Å². The Morgan fingerprint density at radius 3 is 2.59 bits per heavy atom. The maximum Gasteiger partial charge on any atom is 0.380 e. The van der Waals surface area contributed by atoms with Crippen LogP contribution in [0.1, 0.15) is 5.56 Å². The number of nitrogens with one attached hydrogen (secondary N) is 1. The highest BCUT2D eigenvalue weighted by molar-refractivity contribution is 7.10. The smallest absolute Gasteiger partial charge is 0.330 e. The van der Waals surface area contributed by atoms with E-state index in [9.17, 15) is 4.79 Å². The second-order valence-electron chi connectivity index (χ2n) is 4.35. The van der Waals surface area contributed by atoms with E-state index >= 15 is 0 Å². The molecule has 0 bridgehead atoms. The molecule has 1 aromatic heterocycles. The van der Waals surface area contributed by atoms with Gasteiger partial charge in [0.05, 0.1) is 6.21 Å². The van der Waals surface area contributed by atoms with Crippen molar-refractivity contribution in [1.29, 1.82) is 0 Å². The Balaban J connectivity index is 1.77. The second-order valence-corrected chi connectivity index (χ2v) is 5.70. The summed E-state index contributed by atoms with van der Waals surface area (Å²) < 4.78 is 1.23. The van der Waals surface area contributed by atoms with E-state index in [1.165, 1.54) is 4.07 Å². The number of hydrogen-bond donors (Lipinski definition) is 1. The first-order valence-corrected chi connectivity index (χ1v) is 7.58. The van der Waals surface area contributed by atoms with E-state index in [0.29, 0.717) is 10.2 Å². The molecule has 0 saturated heterocycles. The van der Waals surface area contributed by atoms with Gasteiger partial charge in [-0.3, -0.25) is 0 Å². The molecule has 3 rings (SSSR count). The summed E-state index contributed by atoms with van der Waals surface area (Å²) in [5.41, 5.74) is 1.29. The summed E-state index contributed by atoms with van der Waals surface area (Å²) in [7, 11) is 0. The molecule has 1 N–H and O–H groups in total. The quantitative estimate of drug-likeness (QED) is 0.744. The molecule has 0 aliphatic heterocycles. The van der Waals surface area contributed by atoms with Crippen LogP contribution in [-0.4, -0.2) is 15.3 Å². The van der Waals surface area contributed by atoms with Crippen LogP contribution in [0.2, 0.25) is 5.02 Å². The van der Waals surface area contributed by atoms with Crippen LogP contribution in [0.15, 0.2) is 64.5 Å². The molecule has 0 fully saturated rings. The van der Waals surface area contributed by atoms with Crippen molar-refractivity contribution in [3.05, 3.63) is 75.7 Å². The van der Waals surface area contributed by atoms with E-state index in [-0.39, 0.29) is 0 Å². The van der Waals surface area contributed by atoms with Gasteiger partial charge in [-0.2, -0.15) is 10.1 Å². The first-order chi connectivity index (χ1) is 10.7. The first kappa shape index (κ1) is 14.5. The van der Waals surface area contributed by atoms with Crippen LogP contribution < -0.4 is 11.0 Å². The van der Waals surface area contributed by atoms with Gasteiger partial charge in [-0.05, 0) is 29.8 Å². The molecule has 22 heavy (non-hydrogen) atoms. The molecule has 7 heteroatoms. The van der Waals surface area contributed by atoms with E-state index in [2.05, 4.69) is 15.4 Å². The molecule has 5 nitrogen and oxygen atoms in total. The van der Waals surface area contributed by atoms with Gasteiger partial charge in [0.25, 0.3) is 0 Å². The molecule has 3 aromatic rings. The Labute approximate surface area is 135 Å². The van der Waals surface area contributed by atoms with Crippen LogP contribution in [0.4, 0.5) is 10.8 Å². The molecular weight excluding hydrogens is 320 g/mol. The van der Waals surface area contributed by atoms with E-state index in [1.807, 2.05) is 42.5 Å². The van der Waals surface area contributed by atoms with Gasteiger partial charge in [-0.25, -0.2) is 4.79 Å². The minimum atomic E-state index is -0.423. The van der Waals surface area contributed by atoms with Gasteiger partial charge in [-0.1, -0.05) is 41.9 Å². The number of halogens is 1. The predicted octanol–water partition coefficient (Wildman–Crippen LogP) is 3.58. The normalized spacial score (nSPS) is 11.0. The highest BCUT2D eigenvalue weighted by atomic mass is 35.5. The van der Waals surface area contributed by atoms with Crippen molar-refractivity contribution < 1.29 is 0 Å². The number of benzene rings is 2. The topological polar surface area (TPSA) is 59.3 Å². The van der Waals surface area contributed by atoms with Crippen LogP contribution in [0.3, 0.4) is 0 Å². The van der Waals surface area contributed by atoms with Gasteiger partial charge in [0.2, 0.25) is 5.13 Å². The fourth-order valence-corrected chi connectivity index (χ4v) is 2.50. The van der Waals surface area contributed by atoms with E-state index < -0.39 is 5.69 Å². The molecule has 0 amide bonds. The average molecular weight is 331 g/mol. The lowest BCUT2D eigenvalue weighted by Gasteiger charge is -2.00. The van der Waals surface area contributed by atoms with Crippen LogP contribution >= 0.6 is 23.1 Å². The minimum absolute atomic E-state index is 0.423. The maximum atomic E-state index is 11.8. The summed E-state index contributed by atoms with van der Waals surface area (Å²) in [4.78, 5) is 15.7. The van der Waals surface area contributed by atoms with Gasteiger partial charge in [0.15, 0.2) is 0 Å². The van der Waals surface area contributed by atoms with E-state index in [1.54, 1.807) is 18.3 Å². The lowest BCUT2D eigenvalue weighted by atomic mass is 10.2. The number of hydrogen-bond acceptors (Lipinski definition) is 5. The fourth-order valence-electron chi connectivity index (χ4n) is 1.71. The molecule has 0 saturated carbocycles. The molecule has 0 atom stereocenters. The van der Waals surface area contributed by atoms with Crippen molar-refractivity contribution in [2.24, 2.45) is 5.10 Å². The van der Waals surface area contributed by atoms with Crippen LogP contribution in [0.25, 0.3) is 0 Å². The molecule has 0 radical (unpaired) electrons. The van der Waals surface area contributed by atoms with Crippen molar-refractivity contribution >= 4 is 40.2 Å². The van der Waals surface area contributed by atoms with Crippen molar-refractivity contribution in [3.63, 3.8) is 0 Å². The zero-order valence-electron chi connectivity index (χ0n) is 11.3. The Bertz CT molecular complexity index is 840. The highest BCUT2D eigenvalue weighted by Gasteiger charge is 2.05. The summed E-state index contributed by atoms with van der Waals surface area (Å²) in [6.07, 6.45) is 1.62. The zero-order valence-corrected chi connectivity index (χ0v) is 12.9. The number of nitrogens with zero attached hydrogens (tertiary/aromatic N) is 3. The molecule has 1 heterocycles. The van der Waals surface area contributed by atoms with Crippen LogP contribution in [0, 0.1) is 0 Å². The Morgan fingerprint density at radius 1 is 1.14 bits per heavy atom. The van der Waals surface area contributed by atoms with E-state index in [4.69, 9.17) is 11.6 Å². The fraction of sp³-hybridized carbons (Fsp3) is 0. The van der Waals surface area contributed by atoms with Gasteiger partial charge in [-0.15, -0.1) is 4.07 Å². The molecule has 110 valence electrons. The number of anilines is 2. The van der Waals surface area contributed by atoms with Gasteiger partial charge in [0, 0.05) is 22.2 Å². The summed E-state index contributed by atoms with van der Waals surface area (Å²) in [5.74, 6) is 0. The summed E-state index contributed by atoms with van der Waals surface area (Å²) >= 11 is 6.96. The molecule has 0 aliphatic rings. The summed E-state index contributed by atoms with van der Waals surface area (Å²) in [5, 5.41) is 8.29. The first-order valence-electron chi connectivity index (χ1n) is 6.43. The molecule has 0 unspecified atom stereocenters. The van der Waals surface area contributed by atoms with Gasteiger partial charge >= 0.3 is 5.69 Å².